The van der Waals surface area contributed by atoms with Crippen molar-refractivity contribution in [3.8, 4) is 0 Å². The van der Waals surface area contributed by atoms with Gasteiger partial charge in [0.05, 0.1) is 12.1 Å². The summed E-state index contributed by atoms with van der Waals surface area (Å²) in [4.78, 5) is 24.5. The molecule has 0 spiro atoms. The van der Waals surface area contributed by atoms with E-state index in [1.54, 1.807) is 24.3 Å². The Balaban J connectivity index is 1.85. The number of carbonyl (C=O) groups excluding carboxylic acids is 1. The average Bonchev–Trinajstić information content (AvgIpc) is 2.59. The minimum absolute atomic E-state index is 0.190. The molecule has 7 heteroatoms. The summed E-state index contributed by atoms with van der Waals surface area (Å²) in [5.41, 5.74) is 1.01. The molecule has 2 aromatic carbocycles. The molecule has 0 aliphatic carbocycles. The van der Waals surface area contributed by atoms with Crippen LogP contribution < -0.4 is 10.9 Å². The maximum absolute atomic E-state index is 13.2. The molecule has 1 N–H and O–H groups in total. The maximum Gasteiger partial charge on any atom is 0.257 e. The molecular weight excluding hydrogens is 378 g/mol. The molecule has 0 atom stereocenters. The minimum Gasteiger partial charge on any atom is -0.322 e. The van der Waals surface area contributed by atoms with Crippen molar-refractivity contribution >= 4 is 34.8 Å². The van der Waals surface area contributed by atoms with Crippen molar-refractivity contribution in [3.05, 3.63) is 98.1 Å². The van der Waals surface area contributed by atoms with Gasteiger partial charge >= 0.3 is 0 Å². The van der Waals surface area contributed by atoms with Gasteiger partial charge in [0.2, 0.25) is 0 Å². The standard InChI is InChI=1S/C19H13Cl2FN2O2/c20-14-6-4-12(17(21)8-14)10-24-11-13(5-7-18(24)25)19(26)23-16-3-1-2-15(22)9-16/h1-9,11H,10H2,(H,23,26). The number of aromatic nitrogens is 1. The van der Waals surface area contributed by atoms with Crippen LogP contribution in [0.3, 0.4) is 0 Å². The summed E-state index contributed by atoms with van der Waals surface area (Å²) in [7, 11) is 0. The van der Waals surface area contributed by atoms with E-state index in [1.807, 2.05) is 0 Å². The number of hydrogen-bond acceptors (Lipinski definition) is 2. The van der Waals surface area contributed by atoms with E-state index in [0.717, 1.165) is 0 Å². The Kier molecular flexibility index (Phi) is 5.40. The molecule has 1 heterocycles. The Bertz CT molecular complexity index is 1030. The van der Waals surface area contributed by atoms with Gasteiger partial charge < -0.3 is 9.88 Å². The van der Waals surface area contributed by atoms with Crippen LogP contribution in [0.1, 0.15) is 15.9 Å². The third-order valence-corrected chi connectivity index (χ3v) is 4.27. The number of benzene rings is 2. The van der Waals surface area contributed by atoms with Gasteiger partial charge in [-0.3, -0.25) is 9.59 Å². The Morgan fingerprint density at radius 2 is 1.88 bits per heavy atom. The molecule has 0 radical (unpaired) electrons. The highest BCUT2D eigenvalue weighted by molar-refractivity contribution is 6.35. The first kappa shape index (κ1) is 18.2. The molecular formula is C19H13Cl2FN2O2. The third kappa shape index (κ3) is 4.31. The van der Waals surface area contributed by atoms with Gasteiger partial charge in [0, 0.05) is 28.0 Å². The number of hydrogen-bond donors (Lipinski definition) is 1. The van der Waals surface area contributed by atoms with Crippen LogP contribution in [0.4, 0.5) is 10.1 Å². The summed E-state index contributed by atoms with van der Waals surface area (Å²) >= 11 is 12.0. The van der Waals surface area contributed by atoms with Crippen molar-refractivity contribution < 1.29 is 9.18 Å². The van der Waals surface area contributed by atoms with Crippen LogP contribution in [-0.4, -0.2) is 10.5 Å². The smallest absolute Gasteiger partial charge is 0.257 e. The summed E-state index contributed by atoms with van der Waals surface area (Å²) in [5.74, 6) is -0.906. The maximum atomic E-state index is 13.2. The number of nitrogens with one attached hydrogen (secondary N) is 1. The van der Waals surface area contributed by atoms with E-state index in [1.165, 1.54) is 41.1 Å². The van der Waals surface area contributed by atoms with Gasteiger partial charge in [0.15, 0.2) is 0 Å². The van der Waals surface area contributed by atoms with Crippen LogP contribution in [-0.2, 0) is 6.54 Å². The van der Waals surface area contributed by atoms with Gasteiger partial charge in [-0.2, -0.15) is 0 Å². The fourth-order valence-corrected chi connectivity index (χ4v) is 2.86. The first-order chi connectivity index (χ1) is 12.4. The van der Waals surface area contributed by atoms with Crippen LogP contribution in [0.25, 0.3) is 0 Å². The van der Waals surface area contributed by atoms with E-state index in [9.17, 15) is 14.0 Å². The van der Waals surface area contributed by atoms with Gasteiger partial charge in [-0.25, -0.2) is 4.39 Å². The molecule has 0 saturated heterocycles. The van der Waals surface area contributed by atoms with E-state index in [-0.39, 0.29) is 17.7 Å². The van der Waals surface area contributed by atoms with Crippen molar-refractivity contribution in [3.63, 3.8) is 0 Å². The lowest BCUT2D eigenvalue weighted by Gasteiger charge is -2.10. The Morgan fingerprint density at radius 3 is 2.62 bits per heavy atom. The molecule has 0 fully saturated rings. The Labute approximate surface area is 158 Å². The zero-order valence-electron chi connectivity index (χ0n) is 13.4. The largest absolute Gasteiger partial charge is 0.322 e. The van der Waals surface area contributed by atoms with Gasteiger partial charge in [-0.05, 0) is 42.0 Å². The van der Waals surface area contributed by atoms with Crippen molar-refractivity contribution in [1.82, 2.24) is 4.57 Å². The average molecular weight is 391 g/mol. The summed E-state index contributed by atoms with van der Waals surface area (Å²) in [5, 5.41) is 3.51. The van der Waals surface area contributed by atoms with Gasteiger partial charge in [0.25, 0.3) is 11.5 Å². The lowest BCUT2D eigenvalue weighted by Crippen LogP contribution is -2.22. The topological polar surface area (TPSA) is 51.1 Å². The van der Waals surface area contributed by atoms with Crippen LogP contribution in [0.5, 0.6) is 0 Å². The molecule has 0 saturated carbocycles. The first-order valence-electron chi connectivity index (χ1n) is 7.64. The number of amides is 1. The summed E-state index contributed by atoms with van der Waals surface area (Å²) < 4.78 is 14.6. The number of anilines is 1. The Morgan fingerprint density at radius 1 is 1.08 bits per heavy atom. The number of rotatable bonds is 4. The fraction of sp³-hybridized carbons (Fsp3) is 0.0526. The number of pyridine rings is 1. The van der Waals surface area contributed by atoms with E-state index in [4.69, 9.17) is 23.2 Å². The van der Waals surface area contributed by atoms with E-state index < -0.39 is 11.7 Å². The Hall–Kier alpha value is -2.63. The number of carbonyl (C=O) groups is 1. The highest BCUT2D eigenvalue weighted by Crippen LogP contribution is 2.21. The van der Waals surface area contributed by atoms with Crippen molar-refractivity contribution in [2.75, 3.05) is 5.32 Å². The number of nitrogens with zero attached hydrogens (tertiary/aromatic N) is 1. The van der Waals surface area contributed by atoms with Crippen LogP contribution in [0.15, 0.2) is 65.6 Å². The van der Waals surface area contributed by atoms with Crippen molar-refractivity contribution in [1.29, 1.82) is 0 Å². The lowest BCUT2D eigenvalue weighted by molar-refractivity contribution is 0.102. The second-order valence-electron chi connectivity index (χ2n) is 5.58. The van der Waals surface area contributed by atoms with E-state index >= 15 is 0 Å². The minimum atomic E-state index is -0.454. The molecule has 3 aromatic rings. The van der Waals surface area contributed by atoms with Gasteiger partial charge in [0.1, 0.15) is 5.82 Å². The molecule has 0 aliphatic heterocycles. The molecule has 26 heavy (non-hydrogen) atoms. The molecule has 0 unspecified atom stereocenters. The number of halogens is 3. The quantitative estimate of drug-likeness (QED) is 0.707. The molecule has 0 aliphatic rings. The monoisotopic (exact) mass is 390 g/mol. The molecule has 132 valence electrons. The zero-order chi connectivity index (χ0) is 18.7. The van der Waals surface area contributed by atoms with Crippen LogP contribution in [0.2, 0.25) is 10.0 Å². The predicted octanol–water partition coefficient (Wildman–Crippen LogP) is 4.59. The second kappa shape index (κ2) is 7.72. The first-order valence-corrected chi connectivity index (χ1v) is 8.39. The van der Waals surface area contributed by atoms with Crippen molar-refractivity contribution in [2.24, 2.45) is 0 Å². The van der Waals surface area contributed by atoms with Crippen LogP contribution >= 0.6 is 23.2 Å². The molecule has 1 aromatic heterocycles. The second-order valence-corrected chi connectivity index (χ2v) is 6.43. The molecule has 1 amide bonds. The zero-order valence-corrected chi connectivity index (χ0v) is 14.9. The molecule has 4 nitrogen and oxygen atoms in total. The third-order valence-electron chi connectivity index (χ3n) is 3.68. The summed E-state index contributed by atoms with van der Waals surface area (Å²) in [6.45, 7) is 0.190. The molecule has 0 bridgehead atoms. The fourth-order valence-electron chi connectivity index (χ4n) is 2.39. The lowest BCUT2D eigenvalue weighted by atomic mass is 10.2. The van der Waals surface area contributed by atoms with E-state index in [2.05, 4.69) is 5.32 Å². The SMILES string of the molecule is O=C(Nc1cccc(F)c1)c1ccc(=O)n(Cc2ccc(Cl)cc2Cl)c1. The van der Waals surface area contributed by atoms with Crippen LogP contribution in [0, 0.1) is 5.82 Å². The normalized spacial score (nSPS) is 10.6. The van der Waals surface area contributed by atoms with E-state index in [0.29, 0.717) is 21.3 Å². The highest BCUT2D eigenvalue weighted by Gasteiger charge is 2.10. The van der Waals surface area contributed by atoms with Gasteiger partial charge in [-0.1, -0.05) is 35.3 Å². The molecule has 3 rings (SSSR count). The van der Waals surface area contributed by atoms with Gasteiger partial charge in [-0.15, -0.1) is 0 Å². The summed E-state index contributed by atoms with van der Waals surface area (Å²) in [6, 6.07) is 13.3. The summed E-state index contributed by atoms with van der Waals surface area (Å²) in [6.07, 6.45) is 1.43. The predicted molar refractivity (Wildman–Crippen MR) is 101 cm³/mol. The highest BCUT2D eigenvalue weighted by atomic mass is 35.5. The van der Waals surface area contributed by atoms with Crippen molar-refractivity contribution in [2.45, 2.75) is 6.54 Å².